The van der Waals surface area contributed by atoms with Gasteiger partial charge in [0.15, 0.2) is 0 Å². The summed E-state index contributed by atoms with van der Waals surface area (Å²) in [4.78, 5) is 24.7. The highest BCUT2D eigenvalue weighted by atomic mass is 16.4. The topological polar surface area (TPSA) is 57.6 Å². The van der Waals surface area contributed by atoms with E-state index in [9.17, 15) is 9.59 Å². The molecule has 1 amide bonds. The zero-order valence-corrected chi connectivity index (χ0v) is 10.4. The molecule has 1 aliphatic rings. The minimum atomic E-state index is -0.727. The van der Waals surface area contributed by atoms with Gasteiger partial charge in [-0.25, -0.2) is 0 Å². The van der Waals surface area contributed by atoms with Gasteiger partial charge in [0.1, 0.15) is 0 Å². The van der Waals surface area contributed by atoms with Gasteiger partial charge in [-0.2, -0.15) is 0 Å². The van der Waals surface area contributed by atoms with E-state index < -0.39 is 5.97 Å². The Morgan fingerprint density at radius 3 is 2.24 bits per heavy atom. The van der Waals surface area contributed by atoms with Gasteiger partial charge in [0.2, 0.25) is 5.91 Å². The van der Waals surface area contributed by atoms with Crippen LogP contribution in [-0.2, 0) is 9.59 Å². The van der Waals surface area contributed by atoms with Crippen molar-refractivity contribution in [2.75, 3.05) is 13.1 Å². The van der Waals surface area contributed by atoms with E-state index in [2.05, 4.69) is 6.58 Å². The number of amides is 1. The van der Waals surface area contributed by atoms with Crippen LogP contribution in [-0.4, -0.2) is 35.0 Å². The molecule has 1 rings (SSSR count). The minimum absolute atomic E-state index is 0.00509. The van der Waals surface area contributed by atoms with Gasteiger partial charge in [0.25, 0.3) is 0 Å². The summed E-state index contributed by atoms with van der Waals surface area (Å²) in [5, 5.41) is 8.89. The number of rotatable bonds is 5. The highest BCUT2D eigenvalue weighted by molar-refractivity contribution is 5.79. The first-order valence-electron chi connectivity index (χ1n) is 6.22. The van der Waals surface area contributed by atoms with Crippen LogP contribution in [0.5, 0.6) is 0 Å². The molecular formula is C13H21NO3. The second-order valence-corrected chi connectivity index (χ2v) is 4.55. The molecule has 0 spiro atoms. The van der Waals surface area contributed by atoms with Crippen molar-refractivity contribution in [2.24, 2.45) is 11.8 Å². The van der Waals surface area contributed by atoms with Crippen LogP contribution in [0.15, 0.2) is 12.7 Å². The molecule has 0 aliphatic heterocycles. The molecule has 1 N–H and O–H groups in total. The predicted molar refractivity (Wildman–Crippen MR) is 65.5 cm³/mol. The second-order valence-electron chi connectivity index (χ2n) is 4.55. The third kappa shape index (κ3) is 3.58. The van der Waals surface area contributed by atoms with E-state index in [4.69, 9.17) is 5.11 Å². The molecule has 4 heteroatoms. The van der Waals surface area contributed by atoms with E-state index in [1.165, 1.54) is 0 Å². The summed E-state index contributed by atoms with van der Waals surface area (Å²) in [6, 6.07) is 0. The Morgan fingerprint density at radius 1 is 1.29 bits per heavy atom. The Bertz CT molecular complexity index is 293. The van der Waals surface area contributed by atoms with Crippen LogP contribution in [0.2, 0.25) is 0 Å². The zero-order valence-electron chi connectivity index (χ0n) is 10.4. The van der Waals surface area contributed by atoms with Gasteiger partial charge in [-0.3, -0.25) is 9.59 Å². The van der Waals surface area contributed by atoms with Crippen molar-refractivity contribution in [1.82, 2.24) is 4.90 Å². The van der Waals surface area contributed by atoms with Crippen LogP contribution in [0.1, 0.15) is 32.6 Å². The first-order valence-corrected chi connectivity index (χ1v) is 6.22. The van der Waals surface area contributed by atoms with Crippen LogP contribution in [0, 0.1) is 11.8 Å². The molecular weight excluding hydrogens is 218 g/mol. The molecule has 0 radical (unpaired) electrons. The predicted octanol–water partition coefficient (Wildman–Crippen LogP) is 1.91. The number of hydrogen-bond donors (Lipinski definition) is 1. The van der Waals surface area contributed by atoms with Gasteiger partial charge in [-0.15, -0.1) is 6.58 Å². The molecule has 0 atom stereocenters. The number of carboxylic acid groups (broad SMARTS) is 1. The molecule has 0 aromatic heterocycles. The Hall–Kier alpha value is -1.32. The lowest BCUT2D eigenvalue weighted by molar-refractivity contribution is -0.145. The summed E-state index contributed by atoms with van der Waals surface area (Å²) >= 11 is 0. The van der Waals surface area contributed by atoms with E-state index in [1.54, 1.807) is 11.0 Å². The van der Waals surface area contributed by atoms with Crippen LogP contribution in [0.25, 0.3) is 0 Å². The Morgan fingerprint density at radius 2 is 1.82 bits per heavy atom. The van der Waals surface area contributed by atoms with Crippen molar-refractivity contribution in [1.29, 1.82) is 0 Å². The normalized spacial score (nSPS) is 24.1. The molecule has 0 unspecified atom stereocenters. The summed E-state index contributed by atoms with van der Waals surface area (Å²) in [7, 11) is 0. The fourth-order valence-electron chi connectivity index (χ4n) is 2.38. The minimum Gasteiger partial charge on any atom is -0.481 e. The molecule has 0 bridgehead atoms. The maximum Gasteiger partial charge on any atom is 0.306 e. The van der Waals surface area contributed by atoms with Gasteiger partial charge in [0, 0.05) is 19.0 Å². The number of nitrogens with zero attached hydrogens (tertiary/aromatic N) is 1. The van der Waals surface area contributed by atoms with Crippen LogP contribution in [0.4, 0.5) is 0 Å². The average molecular weight is 239 g/mol. The monoisotopic (exact) mass is 239 g/mol. The van der Waals surface area contributed by atoms with Crippen LogP contribution >= 0.6 is 0 Å². The van der Waals surface area contributed by atoms with Gasteiger partial charge in [-0.05, 0) is 32.6 Å². The fourth-order valence-corrected chi connectivity index (χ4v) is 2.38. The van der Waals surface area contributed by atoms with E-state index in [1.807, 2.05) is 6.92 Å². The van der Waals surface area contributed by atoms with Crippen molar-refractivity contribution in [3.63, 3.8) is 0 Å². The lowest BCUT2D eigenvalue weighted by atomic mass is 9.81. The van der Waals surface area contributed by atoms with Crippen molar-refractivity contribution in [3.8, 4) is 0 Å². The number of carbonyl (C=O) groups is 2. The molecule has 17 heavy (non-hydrogen) atoms. The summed E-state index contributed by atoms with van der Waals surface area (Å²) in [6.45, 7) is 6.85. The van der Waals surface area contributed by atoms with Gasteiger partial charge >= 0.3 is 5.97 Å². The Labute approximate surface area is 102 Å². The van der Waals surface area contributed by atoms with Gasteiger partial charge < -0.3 is 10.0 Å². The SMILES string of the molecule is C=CCN(CC)C(=O)C1CCC(C(=O)O)CC1. The Balaban J connectivity index is 2.49. The van der Waals surface area contributed by atoms with Gasteiger partial charge in [0.05, 0.1) is 5.92 Å². The molecule has 1 aliphatic carbocycles. The third-order valence-electron chi connectivity index (χ3n) is 3.47. The smallest absolute Gasteiger partial charge is 0.306 e. The number of likely N-dealkylation sites (N-methyl/N-ethyl adjacent to an activating group) is 1. The summed E-state index contributed by atoms with van der Waals surface area (Å²) in [6.07, 6.45) is 4.37. The summed E-state index contributed by atoms with van der Waals surface area (Å²) in [5.41, 5.74) is 0. The zero-order chi connectivity index (χ0) is 12.8. The number of carbonyl (C=O) groups excluding carboxylic acids is 1. The molecule has 0 heterocycles. The van der Waals surface area contributed by atoms with Crippen LogP contribution in [0.3, 0.4) is 0 Å². The van der Waals surface area contributed by atoms with Gasteiger partial charge in [-0.1, -0.05) is 6.08 Å². The molecule has 1 fully saturated rings. The molecule has 0 saturated heterocycles. The maximum absolute atomic E-state index is 12.1. The number of hydrogen-bond acceptors (Lipinski definition) is 2. The number of aliphatic carboxylic acids is 1. The van der Waals surface area contributed by atoms with Crippen molar-refractivity contribution in [2.45, 2.75) is 32.6 Å². The third-order valence-corrected chi connectivity index (χ3v) is 3.47. The van der Waals surface area contributed by atoms with Crippen molar-refractivity contribution in [3.05, 3.63) is 12.7 Å². The molecule has 0 aromatic rings. The summed E-state index contributed by atoms with van der Waals surface area (Å²) in [5.74, 6) is -0.829. The van der Waals surface area contributed by atoms with Crippen LogP contribution < -0.4 is 0 Å². The molecule has 4 nitrogen and oxygen atoms in total. The highest BCUT2D eigenvalue weighted by Gasteiger charge is 2.31. The lowest BCUT2D eigenvalue weighted by Crippen LogP contribution is -2.38. The van der Waals surface area contributed by atoms with Crippen molar-refractivity contribution < 1.29 is 14.7 Å². The van der Waals surface area contributed by atoms with E-state index in [-0.39, 0.29) is 17.7 Å². The second kappa shape index (κ2) is 6.42. The highest BCUT2D eigenvalue weighted by Crippen LogP contribution is 2.30. The van der Waals surface area contributed by atoms with E-state index >= 15 is 0 Å². The van der Waals surface area contributed by atoms with E-state index in [0.29, 0.717) is 38.8 Å². The maximum atomic E-state index is 12.1. The standard InChI is InChI=1S/C13H21NO3/c1-3-9-14(4-2)12(15)10-5-7-11(8-6-10)13(16)17/h3,10-11H,1,4-9H2,2H3,(H,16,17). The van der Waals surface area contributed by atoms with Crippen molar-refractivity contribution >= 4 is 11.9 Å². The fraction of sp³-hybridized carbons (Fsp3) is 0.692. The largest absolute Gasteiger partial charge is 0.481 e. The average Bonchev–Trinajstić information content (AvgIpc) is 2.35. The Kier molecular flexibility index (Phi) is 5.19. The molecule has 1 saturated carbocycles. The molecule has 0 aromatic carbocycles. The first-order chi connectivity index (χ1) is 8.10. The first kappa shape index (κ1) is 13.7. The van der Waals surface area contributed by atoms with E-state index in [0.717, 1.165) is 0 Å². The lowest BCUT2D eigenvalue weighted by Gasteiger charge is -2.29. The molecule has 96 valence electrons. The summed E-state index contributed by atoms with van der Waals surface area (Å²) < 4.78 is 0. The number of carboxylic acids is 1. The quantitative estimate of drug-likeness (QED) is 0.746.